The molecule has 0 bridgehead atoms. The molecule has 1 unspecified atom stereocenters. The van der Waals surface area contributed by atoms with Crippen molar-refractivity contribution in [3.05, 3.63) is 29.0 Å². The Morgan fingerprint density at radius 1 is 1.50 bits per heavy atom. The topological polar surface area (TPSA) is 15.3 Å². The number of benzene rings is 1. The summed E-state index contributed by atoms with van der Waals surface area (Å²) in [6.45, 7) is 4.92. The maximum atomic E-state index is 12.9. The number of hydrogen-bond acceptors (Lipinski definition) is 2. The van der Waals surface area contributed by atoms with Crippen LogP contribution in [-0.2, 0) is 0 Å². The molecule has 1 aromatic carbocycles. The first-order valence-electron chi connectivity index (χ1n) is 5.11. The van der Waals surface area contributed by atoms with Crippen molar-refractivity contribution in [1.29, 1.82) is 0 Å². The van der Waals surface area contributed by atoms with E-state index in [2.05, 4.69) is 17.1 Å². The summed E-state index contributed by atoms with van der Waals surface area (Å²) < 4.78 is 12.9. The van der Waals surface area contributed by atoms with E-state index in [4.69, 9.17) is 11.6 Å². The second kappa shape index (κ2) is 5.71. The molecule has 1 fully saturated rings. The summed E-state index contributed by atoms with van der Waals surface area (Å²) >= 11 is 6.03. The maximum absolute atomic E-state index is 12.9. The first kappa shape index (κ1) is 13.6. The third-order valence-corrected chi connectivity index (χ3v) is 3.02. The molecule has 2 nitrogen and oxygen atoms in total. The van der Waals surface area contributed by atoms with Gasteiger partial charge in [0.2, 0.25) is 0 Å². The Labute approximate surface area is 106 Å². The van der Waals surface area contributed by atoms with Gasteiger partial charge in [0.15, 0.2) is 0 Å². The molecule has 1 aromatic rings. The van der Waals surface area contributed by atoms with Crippen LogP contribution < -0.4 is 10.2 Å². The van der Waals surface area contributed by atoms with Gasteiger partial charge < -0.3 is 10.2 Å². The summed E-state index contributed by atoms with van der Waals surface area (Å²) in [7, 11) is 0. The van der Waals surface area contributed by atoms with E-state index < -0.39 is 0 Å². The van der Waals surface area contributed by atoms with Crippen molar-refractivity contribution in [2.24, 2.45) is 0 Å². The smallest absolute Gasteiger partial charge is 0.124 e. The lowest BCUT2D eigenvalue weighted by Gasteiger charge is -2.36. The van der Waals surface area contributed by atoms with E-state index in [0.29, 0.717) is 11.1 Å². The van der Waals surface area contributed by atoms with Crippen LogP contribution in [0.25, 0.3) is 0 Å². The lowest BCUT2D eigenvalue weighted by molar-refractivity contribution is 0.500. The lowest BCUT2D eigenvalue weighted by atomic mass is 10.2. The Kier molecular flexibility index (Phi) is 4.84. The number of rotatable bonds is 1. The predicted molar refractivity (Wildman–Crippen MR) is 68.3 cm³/mol. The molecule has 0 aromatic heterocycles. The van der Waals surface area contributed by atoms with Crippen molar-refractivity contribution in [3.8, 4) is 0 Å². The molecule has 1 atom stereocenters. The van der Waals surface area contributed by atoms with E-state index >= 15 is 0 Å². The fraction of sp³-hybridized carbons (Fsp3) is 0.455. The first-order chi connectivity index (χ1) is 7.18. The monoisotopic (exact) mass is 264 g/mol. The van der Waals surface area contributed by atoms with Gasteiger partial charge in [0.05, 0.1) is 10.7 Å². The van der Waals surface area contributed by atoms with Crippen LogP contribution in [0.3, 0.4) is 0 Å². The van der Waals surface area contributed by atoms with Crippen LogP contribution in [0.4, 0.5) is 10.1 Å². The molecule has 0 radical (unpaired) electrons. The highest BCUT2D eigenvalue weighted by atomic mass is 35.5. The van der Waals surface area contributed by atoms with Crippen LogP contribution in [0.2, 0.25) is 5.02 Å². The maximum Gasteiger partial charge on any atom is 0.124 e. The third-order valence-electron chi connectivity index (χ3n) is 2.72. The Hall–Kier alpha value is -0.510. The fourth-order valence-electron chi connectivity index (χ4n) is 1.91. The molecule has 0 saturated carbocycles. The van der Waals surface area contributed by atoms with Crippen LogP contribution in [0.15, 0.2) is 18.2 Å². The van der Waals surface area contributed by atoms with Crippen molar-refractivity contribution >= 4 is 29.7 Å². The Bertz CT molecular complexity index is 360. The minimum Gasteiger partial charge on any atom is -0.365 e. The van der Waals surface area contributed by atoms with Crippen LogP contribution in [0, 0.1) is 5.82 Å². The van der Waals surface area contributed by atoms with Crippen molar-refractivity contribution in [1.82, 2.24) is 5.32 Å². The van der Waals surface area contributed by atoms with Gasteiger partial charge in [-0.15, -0.1) is 12.4 Å². The average molecular weight is 265 g/mol. The highest BCUT2D eigenvalue weighted by Gasteiger charge is 2.20. The zero-order chi connectivity index (χ0) is 10.8. The van der Waals surface area contributed by atoms with Crippen LogP contribution in [0.1, 0.15) is 6.92 Å². The van der Waals surface area contributed by atoms with E-state index in [-0.39, 0.29) is 18.2 Å². The normalized spacial score (nSPS) is 20.4. The van der Waals surface area contributed by atoms with Gasteiger partial charge in [-0.1, -0.05) is 11.6 Å². The average Bonchev–Trinajstić information content (AvgIpc) is 2.20. The molecule has 1 N–H and O–H groups in total. The number of anilines is 1. The van der Waals surface area contributed by atoms with Crippen molar-refractivity contribution in [2.45, 2.75) is 13.0 Å². The standard InChI is InChI=1S/C11H14ClFN2.ClH/c1-8-7-14-4-5-15(8)11-3-2-9(13)6-10(11)12;/h2-3,6,8,14H,4-5,7H2,1H3;1H. The summed E-state index contributed by atoms with van der Waals surface area (Å²) in [6.07, 6.45) is 0. The molecule has 5 heteroatoms. The number of halogens is 3. The molecular weight excluding hydrogens is 250 g/mol. The molecule has 1 heterocycles. The van der Waals surface area contributed by atoms with Gasteiger partial charge in [0, 0.05) is 25.7 Å². The fourth-order valence-corrected chi connectivity index (χ4v) is 2.19. The number of nitrogens with one attached hydrogen (secondary N) is 1. The van der Waals surface area contributed by atoms with E-state index in [1.807, 2.05) is 0 Å². The van der Waals surface area contributed by atoms with E-state index in [1.54, 1.807) is 6.07 Å². The zero-order valence-electron chi connectivity index (χ0n) is 9.04. The van der Waals surface area contributed by atoms with Gasteiger partial charge in [-0.05, 0) is 25.1 Å². The van der Waals surface area contributed by atoms with Gasteiger partial charge in [0.25, 0.3) is 0 Å². The first-order valence-corrected chi connectivity index (χ1v) is 5.48. The Balaban J connectivity index is 0.00000128. The summed E-state index contributed by atoms with van der Waals surface area (Å²) in [5.41, 5.74) is 0.923. The highest BCUT2D eigenvalue weighted by molar-refractivity contribution is 6.33. The number of nitrogens with zero attached hydrogens (tertiary/aromatic N) is 1. The largest absolute Gasteiger partial charge is 0.365 e. The molecule has 1 saturated heterocycles. The van der Waals surface area contributed by atoms with Gasteiger partial charge in [-0.2, -0.15) is 0 Å². The number of hydrogen-bond donors (Lipinski definition) is 1. The lowest BCUT2D eigenvalue weighted by Crippen LogP contribution is -2.50. The summed E-state index contributed by atoms with van der Waals surface area (Å²) in [5, 5.41) is 3.80. The van der Waals surface area contributed by atoms with Gasteiger partial charge in [-0.3, -0.25) is 0 Å². The van der Waals surface area contributed by atoms with Gasteiger partial charge >= 0.3 is 0 Å². The van der Waals surface area contributed by atoms with Crippen LogP contribution >= 0.6 is 24.0 Å². The van der Waals surface area contributed by atoms with Gasteiger partial charge in [0.1, 0.15) is 5.82 Å². The van der Waals surface area contributed by atoms with E-state index in [9.17, 15) is 4.39 Å². The zero-order valence-corrected chi connectivity index (χ0v) is 10.6. The minimum atomic E-state index is -0.286. The molecular formula is C11H15Cl2FN2. The molecule has 0 spiro atoms. The van der Waals surface area contributed by atoms with Crippen LogP contribution in [0.5, 0.6) is 0 Å². The second-order valence-electron chi connectivity index (χ2n) is 3.84. The third kappa shape index (κ3) is 2.78. The Morgan fingerprint density at radius 3 is 2.88 bits per heavy atom. The molecule has 1 aliphatic heterocycles. The van der Waals surface area contributed by atoms with E-state index in [0.717, 1.165) is 25.3 Å². The SMILES string of the molecule is CC1CNCCN1c1ccc(F)cc1Cl.Cl. The molecule has 1 aliphatic rings. The summed E-state index contributed by atoms with van der Waals surface area (Å²) in [4.78, 5) is 2.21. The summed E-state index contributed by atoms with van der Waals surface area (Å²) in [5.74, 6) is -0.286. The van der Waals surface area contributed by atoms with Crippen molar-refractivity contribution in [3.63, 3.8) is 0 Å². The van der Waals surface area contributed by atoms with Gasteiger partial charge in [-0.25, -0.2) is 4.39 Å². The van der Waals surface area contributed by atoms with Crippen molar-refractivity contribution in [2.75, 3.05) is 24.5 Å². The highest BCUT2D eigenvalue weighted by Crippen LogP contribution is 2.28. The summed E-state index contributed by atoms with van der Waals surface area (Å²) in [6, 6.07) is 4.96. The molecule has 0 amide bonds. The number of piperazine rings is 1. The quantitative estimate of drug-likeness (QED) is 0.839. The molecule has 2 rings (SSSR count). The predicted octanol–water partition coefficient (Wildman–Crippen LogP) is 2.70. The second-order valence-corrected chi connectivity index (χ2v) is 4.25. The molecule has 16 heavy (non-hydrogen) atoms. The Morgan fingerprint density at radius 2 is 2.25 bits per heavy atom. The minimum absolute atomic E-state index is 0. The van der Waals surface area contributed by atoms with Crippen LogP contribution in [-0.4, -0.2) is 25.7 Å². The molecule has 90 valence electrons. The molecule has 0 aliphatic carbocycles. The van der Waals surface area contributed by atoms with E-state index in [1.165, 1.54) is 12.1 Å². The van der Waals surface area contributed by atoms with Crippen molar-refractivity contribution < 1.29 is 4.39 Å².